The molecular weight excluding hydrogens is 514 g/mol. The molecule has 2 aromatic carbocycles. The lowest BCUT2D eigenvalue weighted by Gasteiger charge is -2.49. The quantitative estimate of drug-likeness (QED) is 0.435. The van der Waals surface area contributed by atoms with E-state index in [9.17, 15) is 24.0 Å². The number of likely N-dealkylation sites (tertiary alicyclic amines) is 1. The standard InChI is InChI=1S/C30H29N3O7/c1-30-22(26(36)32(28(30)38)17-5-3-2-4-6-17)15-21-19(24(30)16-7-9-18(10-8-16)40-14-13-34)11-12-20-23(21)27(37)33(25(20)35)29(31)39/h2-11,20-24,34H,12-15H2,1H3,(H2,31,39). The van der Waals surface area contributed by atoms with Gasteiger partial charge < -0.3 is 15.6 Å². The number of para-hydroxylation sites is 1. The summed E-state index contributed by atoms with van der Waals surface area (Å²) in [5.74, 6) is -4.85. The molecule has 2 aromatic rings. The summed E-state index contributed by atoms with van der Waals surface area (Å²) in [6.45, 7) is 1.80. The molecule has 6 unspecified atom stereocenters. The van der Waals surface area contributed by atoms with Gasteiger partial charge in [-0.15, -0.1) is 0 Å². The van der Waals surface area contributed by atoms with Gasteiger partial charge in [0, 0.05) is 5.92 Å². The fourth-order valence-corrected chi connectivity index (χ4v) is 7.36. The number of amides is 6. The highest BCUT2D eigenvalue weighted by molar-refractivity contribution is 6.24. The minimum absolute atomic E-state index is 0.129. The highest BCUT2D eigenvalue weighted by atomic mass is 16.5. The molecule has 10 nitrogen and oxygen atoms in total. The normalized spacial score (nSPS) is 31.1. The molecule has 3 N–H and O–H groups in total. The second-order valence-electron chi connectivity index (χ2n) is 11.0. The summed E-state index contributed by atoms with van der Waals surface area (Å²) in [6, 6.07) is 14.8. The topological polar surface area (TPSA) is 147 Å². The van der Waals surface area contributed by atoms with Gasteiger partial charge in [-0.05, 0) is 55.5 Å². The Kier molecular flexibility index (Phi) is 6.10. The van der Waals surface area contributed by atoms with Crippen LogP contribution in [0.25, 0.3) is 0 Å². The number of nitrogens with two attached hydrogens (primary N) is 1. The van der Waals surface area contributed by atoms with Gasteiger partial charge in [-0.25, -0.2) is 9.69 Å². The van der Waals surface area contributed by atoms with E-state index in [-0.39, 0.29) is 37.9 Å². The highest BCUT2D eigenvalue weighted by Gasteiger charge is 2.67. The van der Waals surface area contributed by atoms with E-state index in [2.05, 4.69) is 0 Å². The first-order valence-electron chi connectivity index (χ1n) is 13.3. The smallest absolute Gasteiger partial charge is 0.328 e. The van der Waals surface area contributed by atoms with Crippen LogP contribution in [0, 0.1) is 29.1 Å². The molecule has 0 bridgehead atoms. The van der Waals surface area contributed by atoms with Gasteiger partial charge >= 0.3 is 6.03 Å². The molecule has 0 spiro atoms. The van der Waals surface area contributed by atoms with Crippen molar-refractivity contribution in [2.45, 2.75) is 25.7 Å². The number of anilines is 1. The molecular formula is C30H29N3O7. The molecule has 2 aliphatic carbocycles. The average Bonchev–Trinajstić information content (AvgIpc) is 3.32. The number of hydrogen-bond acceptors (Lipinski definition) is 7. The van der Waals surface area contributed by atoms with Crippen molar-refractivity contribution in [3.05, 3.63) is 71.8 Å². The van der Waals surface area contributed by atoms with Gasteiger partial charge in [0.05, 0.1) is 35.5 Å². The van der Waals surface area contributed by atoms with Crippen LogP contribution in [0.5, 0.6) is 5.75 Å². The maximum absolute atomic E-state index is 14.3. The van der Waals surface area contributed by atoms with Crippen LogP contribution >= 0.6 is 0 Å². The maximum atomic E-state index is 14.3. The third-order valence-electron chi connectivity index (χ3n) is 9.08. The first-order valence-corrected chi connectivity index (χ1v) is 13.3. The zero-order chi connectivity index (χ0) is 28.3. The fourth-order valence-electron chi connectivity index (χ4n) is 7.36. The van der Waals surface area contributed by atoms with Crippen LogP contribution in [0.4, 0.5) is 10.5 Å². The van der Waals surface area contributed by atoms with Crippen LogP contribution in [0.2, 0.25) is 0 Å². The lowest BCUT2D eigenvalue weighted by atomic mass is 9.51. The van der Waals surface area contributed by atoms with E-state index < -0.39 is 52.8 Å². The number of primary amides is 1. The van der Waals surface area contributed by atoms with Crippen molar-refractivity contribution in [1.29, 1.82) is 0 Å². The summed E-state index contributed by atoms with van der Waals surface area (Å²) in [6.07, 6.45) is 2.33. The van der Waals surface area contributed by atoms with E-state index in [4.69, 9.17) is 15.6 Å². The molecule has 6 amide bonds. The Hall–Kier alpha value is -4.31. The van der Waals surface area contributed by atoms with Crippen LogP contribution in [0.3, 0.4) is 0 Å². The van der Waals surface area contributed by atoms with Crippen LogP contribution in [-0.2, 0) is 19.2 Å². The zero-order valence-corrected chi connectivity index (χ0v) is 21.9. The van der Waals surface area contributed by atoms with Gasteiger partial charge in [0.2, 0.25) is 23.6 Å². The molecule has 0 radical (unpaired) electrons. The van der Waals surface area contributed by atoms with Crippen molar-refractivity contribution in [1.82, 2.24) is 4.90 Å². The van der Waals surface area contributed by atoms with E-state index in [0.29, 0.717) is 16.3 Å². The van der Waals surface area contributed by atoms with Gasteiger partial charge in [0.15, 0.2) is 0 Å². The number of aliphatic hydroxyl groups excluding tert-OH is 1. The number of imide groups is 4. The Morgan fingerprint density at radius 2 is 1.70 bits per heavy atom. The average molecular weight is 544 g/mol. The van der Waals surface area contributed by atoms with Crippen molar-refractivity contribution in [2.24, 2.45) is 34.8 Å². The minimum Gasteiger partial charge on any atom is -0.491 e. The number of nitrogens with zero attached hydrogens (tertiary/aromatic N) is 2. The summed E-state index contributed by atoms with van der Waals surface area (Å²) in [7, 11) is 0. The number of hydrogen-bond donors (Lipinski definition) is 2. The van der Waals surface area contributed by atoms with E-state index in [1.165, 1.54) is 4.90 Å². The van der Waals surface area contributed by atoms with Crippen LogP contribution in [-0.4, -0.2) is 52.9 Å². The number of aliphatic hydroxyl groups is 1. The predicted molar refractivity (Wildman–Crippen MR) is 142 cm³/mol. The number of urea groups is 1. The Morgan fingerprint density at radius 3 is 2.35 bits per heavy atom. The van der Waals surface area contributed by atoms with E-state index in [1.807, 2.05) is 25.1 Å². The van der Waals surface area contributed by atoms with Crippen molar-refractivity contribution < 1.29 is 33.8 Å². The third kappa shape index (κ3) is 3.55. The molecule has 1 saturated carbocycles. The lowest BCUT2D eigenvalue weighted by Crippen LogP contribution is -2.49. The fraction of sp³-hybridized carbons (Fsp3) is 0.367. The van der Waals surface area contributed by atoms with Gasteiger partial charge in [-0.3, -0.25) is 19.2 Å². The number of ether oxygens (including phenoxy) is 1. The molecule has 206 valence electrons. The zero-order valence-electron chi connectivity index (χ0n) is 21.9. The number of carbonyl (C=O) groups is 5. The van der Waals surface area contributed by atoms with Gasteiger partial charge in [0.25, 0.3) is 0 Å². The molecule has 3 fully saturated rings. The molecule has 40 heavy (non-hydrogen) atoms. The number of benzene rings is 2. The van der Waals surface area contributed by atoms with E-state index in [1.54, 1.807) is 42.5 Å². The van der Waals surface area contributed by atoms with E-state index in [0.717, 1.165) is 11.1 Å². The van der Waals surface area contributed by atoms with Gasteiger partial charge in [-0.2, -0.15) is 4.90 Å². The Labute approximate surface area is 230 Å². The molecule has 4 aliphatic rings. The van der Waals surface area contributed by atoms with Gasteiger partial charge in [-0.1, -0.05) is 42.0 Å². The second-order valence-corrected chi connectivity index (χ2v) is 11.0. The van der Waals surface area contributed by atoms with Crippen molar-refractivity contribution in [3.63, 3.8) is 0 Å². The molecule has 6 atom stereocenters. The lowest BCUT2D eigenvalue weighted by molar-refractivity contribution is -0.136. The monoisotopic (exact) mass is 543 g/mol. The maximum Gasteiger partial charge on any atom is 0.328 e. The molecule has 0 aromatic heterocycles. The Bertz CT molecular complexity index is 1450. The summed E-state index contributed by atoms with van der Waals surface area (Å²) in [4.78, 5) is 68.4. The molecule has 2 heterocycles. The predicted octanol–water partition coefficient (Wildman–Crippen LogP) is 2.37. The molecule has 2 saturated heterocycles. The highest BCUT2D eigenvalue weighted by Crippen LogP contribution is 2.63. The largest absolute Gasteiger partial charge is 0.491 e. The summed E-state index contributed by atoms with van der Waals surface area (Å²) in [5.41, 5.74) is 6.28. The number of allylic oxidation sites excluding steroid dienone is 2. The number of rotatable bonds is 5. The van der Waals surface area contributed by atoms with Crippen molar-refractivity contribution >= 4 is 35.3 Å². The van der Waals surface area contributed by atoms with Crippen molar-refractivity contribution in [2.75, 3.05) is 18.1 Å². The third-order valence-corrected chi connectivity index (χ3v) is 9.08. The Balaban J connectivity index is 1.48. The number of fused-ring (bicyclic) bond motifs is 4. The SMILES string of the molecule is CC12C(=O)N(c3ccccc3)C(=O)C1CC1C(=CCC3C(=O)N(C(N)=O)C(=O)C31)C2c1ccc(OCCO)cc1. The minimum atomic E-state index is -1.16. The van der Waals surface area contributed by atoms with Crippen LogP contribution < -0.4 is 15.4 Å². The number of carbonyl (C=O) groups excluding carboxylic acids is 5. The first kappa shape index (κ1) is 25.9. The molecule has 6 rings (SSSR count). The van der Waals surface area contributed by atoms with Crippen LogP contribution in [0.15, 0.2) is 66.2 Å². The van der Waals surface area contributed by atoms with Crippen molar-refractivity contribution in [3.8, 4) is 5.75 Å². The Morgan fingerprint density at radius 1 is 1.00 bits per heavy atom. The summed E-state index contributed by atoms with van der Waals surface area (Å²) >= 11 is 0. The molecule has 10 heteroatoms. The summed E-state index contributed by atoms with van der Waals surface area (Å²) in [5, 5.41) is 9.10. The molecule has 2 aliphatic heterocycles. The van der Waals surface area contributed by atoms with E-state index >= 15 is 0 Å². The second kappa shape index (κ2) is 9.41. The van der Waals surface area contributed by atoms with Gasteiger partial charge in [0.1, 0.15) is 12.4 Å². The first-order chi connectivity index (χ1) is 19.2. The van der Waals surface area contributed by atoms with Crippen LogP contribution in [0.1, 0.15) is 31.2 Å². The summed E-state index contributed by atoms with van der Waals surface area (Å²) < 4.78 is 5.52.